The van der Waals surface area contributed by atoms with Crippen molar-refractivity contribution in [3.05, 3.63) is 48.6 Å². The van der Waals surface area contributed by atoms with E-state index >= 15 is 0 Å². The SMILES string of the molecule is C=CCN(CC(=O)OCC)C(=O)COCc1ccccc1. The first kappa shape index (κ1) is 16.9. The lowest BCUT2D eigenvalue weighted by Crippen LogP contribution is -2.38. The van der Waals surface area contributed by atoms with Gasteiger partial charge < -0.3 is 14.4 Å². The molecule has 0 saturated heterocycles. The Hall–Kier alpha value is -2.14. The van der Waals surface area contributed by atoms with Crippen LogP contribution < -0.4 is 0 Å². The summed E-state index contributed by atoms with van der Waals surface area (Å²) >= 11 is 0. The molecule has 0 saturated carbocycles. The molecule has 21 heavy (non-hydrogen) atoms. The molecule has 1 amide bonds. The Kier molecular flexibility index (Phi) is 7.82. The molecule has 0 fully saturated rings. The molecule has 0 aliphatic rings. The molecule has 0 radical (unpaired) electrons. The van der Waals surface area contributed by atoms with Crippen molar-refractivity contribution >= 4 is 11.9 Å². The van der Waals surface area contributed by atoms with Crippen LogP contribution >= 0.6 is 0 Å². The Bertz CT molecular complexity index is 459. The van der Waals surface area contributed by atoms with E-state index in [0.29, 0.717) is 13.2 Å². The summed E-state index contributed by atoms with van der Waals surface area (Å²) in [7, 11) is 0. The highest BCUT2D eigenvalue weighted by atomic mass is 16.5. The number of amides is 1. The van der Waals surface area contributed by atoms with Crippen molar-refractivity contribution in [3.63, 3.8) is 0 Å². The fourth-order valence-electron chi connectivity index (χ4n) is 1.69. The van der Waals surface area contributed by atoms with Crippen molar-refractivity contribution in [2.75, 3.05) is 26.3 Å². The van der Waals surface area contributed by atoms with Crippen LogP contribution in [0.15, 0.2) is 43.0 Å². The number of rotatable bonds is 9. The molecular formula is C16H21NO4. The summed E-state index contributed by atoms with van der Waals surface area (Å²) in [6.45, 7) is 6.06. The molecule has 0 unspecified atom stereocenters. The summed E-state index contributed by atoms with van der Waals surface area (Å²) in [4.78, 5) is 24.8. The number of hydrogen-bond acceptors (Lipinski definition) is 4. The lowest BCUT2D eigenvalue weighted by Gasteiger charge is -2.20. The van der Waals surface area contributed by atoms with Crippen molar-refractivity contribution in [3.8, 4) is 0 Å². The average molecular weight is 291 g/mol. The maximum Gasteiger partial charge on any atom is 0.325 e. The van der Waals surface area contributed by atoms with E-state index in [1.54, 1.807) is 13.0 Å². The van der Waals surface area contributed by atoms with Gasteiger partial charge in [0.15, 0.2) is 0 Å². The molecule has 114 valence electrons. The van der Waals surface area contributed by atoms with Gasteiger partial charge in [0.1, 0.15) is 13.2 Å². The second-order valence-corrected chi connectivity index (χ2v) is 4.35. The lowest BCUT2D eigenvalue weighted by molar-refractivity contribution is -0.150. The highest BCUT2D eigenvalue weighted by molar-refractivity contribution is 5.83. The molecule has 0 aromatic heterocycles. The minimum absolute atomic E-state index is 0.0812. The fraction of sp³-hybridized carbons (Fsp3) is 0.375. The van der Waals surface area contributed by atoms with Crippen LogP contribution in [-0.4, -0.2) is 43.1 Å². The third-order valence-corrected chi connectivity index (χ3v) is 2.66. The van der Waals surface area contributed by atoms with Crippen molar-refractivity contribution in [1.29, 1.82) is 0 Å². The molecule has 0 aliphatic carbocycles. The van der Waals surface area contributed by atoms with Crippen molar-refractivity contribution in [2.45, 2.75) is 13.5 Å². The van der Waals surface area contributed by atoms with E-state index in [2.05, 4.69) is 6.58 Å². The Morgan fingerprint density at radius 3 is 2.62 bits per heavy atom. The molecule has 0 aliphatic heterocycles. The van der Waals surface area contributed by atoms with Gasteiger partial charge in [-0.1, -0.05) is 36.4 Å². The first-order chi connectivity index (χ1) is 10.2. The van der Waals surface area contributed by atoms with Gasteiger partial charge in [0.25, 0.3) is 0 Å². The zero-order valence-corrected chi connectivity index (χ0v) is 12.3. The zero-order chi connectivity index (χ0) is 15.5. The van der Waals surface area contributed by atoms with E-state index in [1.807, 2.05) is 30.3 Å². The number of carbonyl (C=O) groups excluding carboxylic acids is 2. The van der Waals surface area contributed by atoms with Crippen LogP contribution in [0, 0.1) is 0 Å². The molecule has 0 N–H and O–H groups in total. The van der Waals surface area contributed by atoms with Crippen LogP contribution in [0.2, 0.25) is 0 Å². The molecule has 0 spiro atoms. The van der Waals surface area contributed by atoms with Crippen LogP contribution in [-0.2, 0) is 25.7 Å². The minimum atomic E-state index is -0.434. The highest BCUT2D eigenvalue weighted by Gasteiger charge is 2.16. The van der Waals surface area contributed by atoms with Gasteiger partial charge >= 0.3 is 5.97 Å². The molecular weight excluding hydrogens is 270 g/mol. The monoisotopic (exact) mass is 291 g/mol. The van der Waals surface area contributed by atoms with Gasteiger partial charge in [0.05, 0.1) is 13.2 Å². The van der Waals surface area contributed by atoms with Gasteiger partial charge in [-0.15, -0.1) is 6.58 Å². The van der Waals surface area contributed by atoms with Crippen LogP contribution in [0.25, 0.3) is 0 Å². The lowest BCUT2D eigenvalue weighted by atomic mass is 10.2. The predicted molar refractivity (Wildman–Crippen MR) is 79.5 cm³/mol. The van der Waals surface area contributed by atoms with Crippen LogP contribution in [0.3, 0.4) is 0 Å². The van der Waals surface area contributed by atoms with Gasteiger partial charge in [0, 0.05) is 6.54 Å². The number of hydrogen-bond donors (Lipinski definition) is 0. The highest BCUT2D eigenvalue weighted by Crippen LogP contribution is 2.01. The van der Waals surface area contributed by atoms with E-state index in [-0.39, 0.29) is 25.6 Å². The Morgan fingerprint density at radius 2 is 2.00 bits per heavy atom. The normalized spacial score (nSPS) is 9.95. The molecule has 1 rings (SSSR count). The first-order valence-corrected chi connectivity index (χ1v) is 6.83. The molecule has 0 bridgehead atoms. The third kappa shape index (κ3) is 6.72. The zero-order valence-electron chi connectivity index (χ0n) is 12.3. The summed E-state index contributed by atoms with van der Waals surface area (Å²) in [5, 5.41) is 0. The number of esters is 1. The summed E-state index contributed by atoms with van der Waals surface area (Å²) in [5.74, 6) is -0.699. The first-order valence-electron chi connectivity index (χ1n) is 6.83. The Labute approximate surface area is 125 Å². The summed E-state index contributed by atoms with van der Waals surface area (Å²) in [6, 6.07) is 9.57. The molecule has 1 aromatic carbocycles. The van der Waals surface area contributed by atoms with Crippen LogP contribution in [0.5, 0.6) is 0 Å². The Balaban J connectivity index is 2.41. The molecule has 1 aromatic rings. The largest absolute Gasteiger partial charge is 0.465 e. The second-order valence-electron chi connectivity index (χ2n) is 4.35. The van der Waals surface area contributed by atoms with Gasteiger partial charge in [-0.2, -0.15) is 0 Å². The number of ether oxygens (including phenoxy) is 2. The van der Waals surface area contributed by atoms with Gasteiger partial charge in [-0.05, 0) is 12.5 Å². The third-order valence-electron chi connectivity index (χ3n) is 2.66. The van der Waals surface area contributed by atoms with Gasteiger partial charge in [0.2, 0.25) is 5.91 Å². The number of carbonyl (C=O) groups is 2. The quantitative estimate of drug-likeness (QED) is 0.514. The van der Waals surface area contributed by atoms with Crippen molar-refractivity contribution in [1.82, 2.24) is 4.90 Å². The molecule has 5 heteroatoms. The van der Waals surface area contributed by atoms with Crippen molar-refractivity contribution < 1.29 is 19.1 Å². The predicted octanol–water partition coefficient (Wildman–Crippen LogP) is 1.78. The standard InChI is InChI=1S/C16H21NO4/c1-3-10-17(11-16(19)21-4-2)15(18)13-20-12-14-8-6-5-7-9-14/h3,5-9H,1,4,10-13H2,2H3. The van der Waals surface area contributed by atoms with E-state index in [9.17, 15) is 9.59 Å². The van der Waals surface area contributed by atoms with Gasteiger partial charge in [-0.3, -0.25) is 9.59 Å². The topological polar surface area (TPSA) is 55.8 Å². The molecule has 5 nitrogen and oxygen atoms in total. The summed E-state index contributed by atoms with van der Waals surface area (Å²) < 4.78 is 10.2. The smallest absolute Gasteiger partial charge is 0.325 e. The maximum absolute atomic E-state index is 12.0. The minimum Gasteiger partial charge on any atom is -0.465 e. The number of nitrogens with zero attached hydrogens (tertiary/aromatic N) is 1. The van der Waals surface area contributed by atoms with Gasteiger partial charge in [-0.25, -0.2) is 0 Å². The van der Waals surface area contributed by atoms with E-state index < -0.39 is 5.97 Å². The van der Waals surface area contributed by atoms with E-state index in [1.165, 1.54) is 4.90 Å². The average Bonchev–Trinajstić information content (AvgIpc) is 2.48. The van der Waals surface area contributed by atoms with E-state index in [4.69, 9.17) is 9.47 Å². The fourth-order valence-corrected chi connectivity index (χ4v) is 1.69. The summed E-state index contributed by atoms with van der Waals surface area (Å²) in [6.07, 6.45) is 1.56. The van der Waals surface area contributed by atoms with Crippen LogP contribution in [0.4, 0.5) is 0 Å². The van der Waals surface area contributed by atoms with E-state index in [0.717, 1.165) is 5.56 Å². The van der Waals surface area contributed by atoms with Crippen molar-refractivity contribution in [2.24, 2.45) is 0 Å². The Morgan fingerprint density at radius 1 is 1.29 bits per heavy atom. The second kappa shape index (κ2) is 9.72. The summed E-state index contributed by atoms with van der Waals surface area (Å²) in [5.41, 5.74) is 0.992. The number of benzene rings is 1. The molecule has 0 heterocycles. The van der Waals surface area contributed by atoms with Crippen LogP contribution in [0.1, 0.15) is 12.5 Å². The maximum atomic E-state index is 12.0. The molecule has 0 atom stereocenters.